The predicted octanol–water partition coefficient (Wildman–Crippen LogP) is 1.36. The van der Waals surface area contributed by atoms with E-state index in [1.54, 1.807) is 44.2 Å². The monoisotopic (exact) mass is 398 g/mol. The molecule has 4 atom stereocenters. The van der Waals surface area contributed by atoms with Gasteiger partial charge in [-0.15, -0.1) is 0 Å². The summed E-state index contributed by atoms with van der Waals surface area (Å²) < 4.78 is 16.9. The van der Waals surface area contributed by atoms with E-state index in [4.69, 9.17) is 15.4 Å². The van der Waals surface area contributed by atoms with Crippen molar-refractivity contribution < 1.29 is 23.7 Å². The summed E-state index contributed by atoms with van der Waals surface area (Å²) in [6.07, 6.45) is 0. The van der Waals surface area contributed by atoms with Gasteiger partial charge in [0.25, 0.3) is 11.8 Å². The molecule has 9 heteroatoms. The van der Waals surface area contributed by atoms with Gasteiger partial charge >= 0.3 is 5.97 Å². The van der Waals surface area contributed by atoms with Crippen molar-refractivity contribution in [2.24, 2.45) is 0 Å². The average Bonchev–Trinajstić information content (AvgIpc) is 2.60. The third-order valence-corrected chi connectivity index (χ3v) is 5.27. The second-order valence-corrected chi connectivity index (χ2v) is 7.59. The molecule has 26 heavy (non-hydrogen) atoms. The molecule has 0 bridgehead atoms. The van der Waals surface area contributed by atoms with E-state index in [0.29, 0.717) is 11.1 Å². The Balaban J connectivity index is 2.21. The number of benzene rings is 1. The molecule has 0 spiro atoms. The first kappa shape index (κ1) is 20.3. The van der Waals surface area contributed by atoms with Crippen LogP contribution < -0.4 is 5.32 Å². The van der Waals surface area contributed by atoms with Crippen molar-refractivity contribution in [1.82, 2.24) is 10.2 Å². The van der Waals surface area contributed by atoms with E-state index < -0.39 is 45.6 Å². The molecule has 0 aliphatic carbocycles. The largest absolute Gasteiger partial charge is 0.597 e. The molecule has 2 rings (SSSR count). The summed E-state index contributed by atoms with van der Waals surface area (Å²) in [5.41, 5.74) is 0.691. The van der Waals surface area contributed by atoms with Crippen LogP contribution in [0.3, 0.4) is 0 Å². The maximum absolute atomic E-state index is 12.6. The lowest BCUT2D eigenvalue weighted by atomic mass is 9.99. The third-order valence-electron chi connectivity index (χ3n) is 3.85. The molecule has 1 saturated heterocycles. The zero-order chi connectivity index (χ0) is 19.4. The molecule has 1 N–H and O–H groups in total. The number of carbonyl (C=O) groups is 3. The number of esters is 1. The summed E-state index contributed by atoms with van der Waals surface area (Å²) in [7, 11) is 3.72. The quantitative estimate of drug-likeness (QED) is 0.323. The Morgan fingerprint density at radius 3 is 2.54 bits per heavy atom. The fourth-order valence-corrected chi connectivity index (χ4v) is 4.05. The minimum atomic E-state index is -2.02. The highest BCUT2D eigenvalue weighted by molar-refractivity contribution is 8.14. The van der Waals surface area contributed by atoms with Crippen LogP contribution in [0.25, 0.3) is 0 Å². The number of nitrogens with one attached hydrogen (secondary N) is 1. The van der Waals surface area contributed by atoms with Crippen LogP contribution in [0.2, 0.25) is 0 Å². The molecule has 0 aromatic heterocycles. The van der Waals surface area contributed by atoms with Gasteiger partial charge in [0.1, 0.15) is 0 Å². The second-order valence-electron chi connectivity index (χ2n) is 5.70. The molecule has 140 valence electrons. The van der Waals surface area contributed by atoms with Crippen LogP contribution in [0.4, 0.5) is 0 Å². The Morgan fingerprint density at radius 2 is 2.04 bits per heavy atom. The fourth-order valence-electron chi connectivity index (χ4n) is 2.68. The topological polar surface area (TPSA) is 98.8 Å². The first-order valence-corrected chi connectivity index (χ1v) is 9.90. The summed E-state index contributed by atoms with van der Waals surface area (Å²) in [4.78, 5) is 38.1. The van der Waals surface area contributed by atoms with Crippen LogP contribution in [0.1, 0.15) is 24.2 Å². The van der Waals surface area contributed by atoms with Crippen molar-refractivity contribution in [3.05, 3.63) is 48.0 Å². The number of ether oxygens (including phenoxy) is 1. The van der Waals surface area contributed by atoms with Crippen LogP contribution in [-0.4, -0.2) is 51.3 Å². The first-order valence-electron chi connectivity index (χ1n) is 7.86. The van der Waals surface area contributed by atoms with E-state index in [1.165, 1.54) is 0 Å². The summed E-state index contributed by atoms with van der Waals surface area (Å²) in [6.45, 7) is 7.00. The van der Waals surface area contributed by atoms with Gasteiger partial charge in [-0.1, -0.05) is 24.8 Å². The van der Waals surface area contributed by atoms with Gasteiger partial charge in [-0.25, -0.2) is 4.79 Å². The van der Waals surface area contributed by atoms with Gasteiger partial charge in [-0.2, -0.15) is 0 Å². The molecule has 4 unspecified atom stereocenters. The van der Waals surface area contributed by atoms with Gasteiger partial charge in [0.2, 0.25) is 5.37 Å². The van der Waals surface area contributed by atoms with Crippen molar-refractivity contribution in [3.63, 3.8) is 0 Å². The van der Waals surface area contributed by atoms with Gasteiger partial charge in [0, 0.05) is 5.56 Å². The van der Waals surface area contributed by atoms with Crippen LogP contribution in [0.5, 0.6) is 0 Å². The van der Waals surface area contributed by atoms with Gasteiger partial charge < -0.3 is 14.6 Å². The van der Waals surface area contributed by atoms with E-state index >= 15 is 0 Å². The molecule has 1 heterocycles. The lowest BCUT2D eigenvalue weighted by molar-refractivity contribution is -0.161. The Hall–Kier alpha value is -2.03. The summed E-state index contributed by atoms with van der Waals surface area (Å²) in [6, 6.07) is 6.06. The van der Waals surface area contributed by atoms with Crippen molar-refractivity contribution in [1.29, 1.82) is 0 Å². The Kier molecular flexibility index (Phi) is 6.69. The molecule has 1 aromatic carbocycles. The molecule has 1 aliphatic rings. The highest BCUT2D eigenvalue weighted by Gasteiger charge is 2.60. The van der Waals surface area contributed by atoms with E-state index in [2.05, 4.69) is 11.9 Å². The highest BCUT2D eigenvalue weighted by atomic mass is 35.7. The zero-order valence-corrected chi connectivity index (χ0v) is 15.9. The lowest BCUT2D eigenvalue weighted by Gasteiger charge is -2.47. The number of β-lactam (4-membered cyclic amide) rings is 1. The molecule has 1 fully saturated rings. The fraction of sp³-hybridized carbons (Fsp3) is 0.353. The Morgan fingerprint density at radius 1 is 1.42 bits per heavy atom. The van der Waals surface area contributed by atoms with Crippen molar-refractivity contribution in [2.75, 3.05) is 6.61 Å². The summed E-state index contributed by atoms with van der Waals surface area (Å²) >= 11 is 0. The molecule has 7 nitrogen and oxygen atoms in total. The number of nitrogens with zero attached hydrogens (tertiary/aromatic N) is 1. The average molecular weight is 399 g/mol. The smallest absolute Gasteiger partial charge is 0.333 e. The van der Waals surface area contributed by atoms with Gasteiger partial charge in [0.05, 0.1) is 17.0 Å². The number of amides is 2. The summed E-state index contributed by atoms with van der Waals surface area (Å²) in [5.74, 6) is -1.76. The molecule has 1 aromatic rings. The zero-order valence-electron chi connectivity index (χ0n) is 14.3. The van der Waals surface area contributed by atoms with Crippen molar-refractivity contribution >= 4 is 38.9 Å². The van der Waals surface area contributed by atoms with E-state index in [-0.39, 0.29) is 6.61 Å². The van der Waals surface area contributed by atoms with Gasteiger partial charge in [0.15, 0.2) is 22.8 Å². The van der Waals surface area contributed by atoms with Crippen molar-refractivity contribution in [2.45, 2.75) is 31.3 Å². The minimum Gasteiger partial charge on any atom is -0.597 e. The standard InChI is InChI=1S/C17H19ClN2O5S/c1-4-25-17(23)13(10(2)3)20-15(22)12(16(20)26(18)24)19-14(21)11-8-6-5-7-9-11/h5-9,12-13,16H,2,4H2,1,3H3,(H,19,21). The molecule has 0 saturated carbocycles. The van der Waals surface area contributed by atoms with Crippen LogP contribution in [-0.2, 0) is 24.7 Å². The van der Waals surface area contributed by atoms with E-state index in [9.17, 15) is 18.9 Å². The lowest BCUT2D eigenvalue weighted by Crippen LogP contribution is -2.75. The highest BCUT2D eigenvalue weighted by Crippen LogP contribution is 2.32. The van der Waals surface area contributed by atoms with Gasteiger partial charge in [-0.3, -0.25) is 14.5 Å². The normalized spacial score (nSPS) is 21.4. The number of rotatable bonds is 7. The molecule has 2 amide bonds. The molecule has 1 aliphatic heterocycles. The molecular formula is C17H19ClN2O5S. The van der Waals surface area contributed by atoms with Crippen molar-refractivity contribution in [3.8, 4) is 0 Å². The molecular weight excluding hydrogens is 380 g/mol. The number of likely N-dealkylation sites (tertiary alicyclic amines) is 1. The number of hydrogen-bond acceptors (Lipinski definition) is 5. The van der Waals surface area contributed by atoms with E-state index in [1.807, 2.05) is 0 Å². The summed E-state index contributed by atoms with van der Waals surface area (Å²) in [5, 5.41) is 1.45. The van der Waals surface area contributed by atoms with Crippen LogP contribution in [0.15, 0.2) is 42.5 Å². The number of hydrogen-bond donors (Lipinski definition) is 1. The Labute approximate surface area is 159 Å². The van der Waals surface area contributed by atoms with Crippen LogP contribution >= 0.6 is 10.7 Å². The Bertz CT molecular complexity index is 712. The second kappa shape index (κ2) is 8.57. The molecule has 0 radical (unpaired) electrons. The minimum absolute atomic E-state index is 0.118. The number of halogens is 1. The SMILES string of the molecule is C=C(C)C(C(=O)OCC)N1C(=O)C(NC(=O)c2ccccc2)C1[S+]([O-])Cl. The number of carbonyl (C=O) groups excluding carboxylic acids is 3. The predicted molar refractivity (Wildman–Crippen MR) is 97.6 cm³/mol. The first-order chi connectivity index (χ1) is 12.3. The van der Waals surface area contributed by atoms with Crippen LogP contribution in [0, 0.1) is 0 Å². The third kappa shape index (κ3) is 4.03. The maximum atomic E-state index is 12.6. The maximum Gasteiger partial charge on any atom is 0.333 e. The van der Waals surface area contributed by atoms with E-state index in [0.717, 1.165) is 4.90 Å². The van der Waals surface area contributed by atoms with Gasteiger partial charge in [-0.05, 0) is 31.6 Å².